The Morgan fingerprint density at radius 2 is 2.09 bits per heavy atom. The maximum atomic E-state index is 12.8. The van der Waals surface area contributed by atoms with Gasteiger partial charge in [0.2, 0.25) is 0 Å². The molecule has 0 saturated carbocycles. The lowest BCUT2D eigenvalue weighted by atomic mass is 10.1. The first-order valence-electron chi connectivity index (χ1n) is 6.67. The molecule has 0 aromatic heterocycles. The van der Waals surface area contributed by atoms with Crippen molar-refractivity contribution in [2.45, 2.75) is 18.6 Å². The van der Waals surface area contributed by atoms with E-state index >= 15 is 0 Å². The van der Waals surface area contributed by atoms with E-state index in [-0.39, 0.29) is 36.8 Å². The molecule has 1 aliphatic rings. The Morgan fingerprint density at radius 3 is 2.70 bits per heavy atom. The predicted octanol–water partition coefficient (Wildman–Crippen LogP) is 2.67. The number of rotatable bonds is 3. The second kappa shape index (κ2) is 6.76. The molecule has 1 aromatic rings. The number of benzene rings is 1. The van der Waals surface area contributed by atoms with Crippen molar-refractivity contribution in [3.8, 4) is 0 Å². The number of aliphatic carboxylic acids is 1. The van der Waals surface area contributed by atoms with E-state index in [1.807, 2.05) is 0 Å². The third kappa shape index (κ3) is 4.14. The summed E-state index contributed by atoms with van der Waals surface area (Å²) in [5, 5.41) is 8.75. The molecular weight excluding hydrogens is 339 g/mol. The smallest absolute Gasteiger partial charge is 0.416 e. The first-order valence-corrected chi connectivity index (χ1v) is 7.05. The van der Waals surface area contributed by atoms with E-state index in [4.69, 9.17) is 21.4 Å². The van der Waals surface area contributed by atoms with E-state index in [2.05, 4.69) is 0 Å². The highest BCUT2D eigenvalue weighted by atomic mass is 35.5. The fraction of sp³-hybridized carbons (Fsp3) is 0.429. The van der Waals surface area contributed by atoms with E-state index in [9.17, 15) is 22.8 Å². The average Bonchev–Trinajstić information content (AvgIpc) is 2.46. The van der Waals surface area contributed by atoms with Gasteiger partial charge in [0.15, 0.2) is 0 Å². The van der Waals surface area contributed by atoms with Crippen LogP contribution in [0.2, 0.25) is 5.02 Å². The molecule has 0 aliphatic carbocycles. The summed E-state index contributed by atoms with van der Waals surface area (Å²) in [7, 11) is 0. The SMILES string of the molecule is O=C(O)C[C@@H]1COCCN1C(=O)c1cc(C(F)(F)F)ccc1Cl. The largest absolute Gasteiger partial charge is 0.481 e. The van der Waals surface area contributed by atoms with Crippen molar-refractivity contribution in [2.75, 3.05) is 19.8 Å². The van der Waals surface area contributed by atoms with E-state index in [1.165, 1.54) is 4.90 Å². The summed E-state index contributed by atoms with van der Waals surface area (Å²) in [6, 6.07) is 1.72. The number of hydrogen-bond donors (Lipinski definition) is 1. The molecule has 1 fully saturated rings. The first-order chi connectivity index (χ1) is 10.7. The standard InChI is InChI=1S/C14H13ClF3NO4/c15-11-2-1-8(14(16,17)18)5-10(11)13(22)19-3-4-23-7-9(19)6-12(20)21/h1-2,5,9H,3-4,6-7H2,(H,20,21)/t9-/m1/s1. The fourth-order valence-electron chi connectivity index (χ4n) is 2.31. The zero-order valence-electron chi connectivity index (χ0n) is 11.8. The monoisotopic (exact) mass is 351 g/mol. The lowest BCUT2D eigenvalue weighted by molar-refractivity contribution is -0.139. The van der Waals surface area contributed by atoms with Gasteiger partial charge in [-0.25, -0.2) is 0 Å². The van der Waals surface area contributed by atoms with Gasteiger partial charge in [-0.2, -0.15) is 13.2 Å². The molecule has 1 saturated heterocycles. The zero-order valence-corrected chi connectivity index (χ0v) is 12.5. The Hall–Kier alpha value is -1.80. The van der Waals surface area contributed by atoms with E-state index in [0.29, 0.717) is 6.07 Å². The van der Waals surface area contributed by atoms with Gasteiger partial charge < -0.3 is 14.7 Å². The molecule has 0 unspecified atom stereocenters. The number of carboxylic acids is 1. The molecule has 126 valence electrons. The van der Waals surface area contributed by atoms with E-state index < -0.39 is 29.7 Å². The van der Waals surface area contributed by atoms with Crippen LogP contribution < -0.4 is 0 Å². The fourth-order valence-corrected chi connectivity index (χ4v) is 2.51. The van der Waals surface area contributed by atoms with Crippen molar-refractivity contribution in [2.24, 2.45) is 0 Å². The number of nitrogens with zero attached hydrogens (tertiary/aromatic N) is 1. The normalized spacial score (nSPS) is 18.8. The van der Waals surface area contributed by atoms with E-state index in [0.717, 1.165) is 12.1 Å². The van der Waals surface area contributed by atoms with Crippen LogP contribution in [0.4, 0.5) is 13.2 Å². The third-order valence-corrected chi connectivity index (χ3v) is 3.75. The zero-order chi connectivity index (χ0) is 17.2. The number of ether oxygens (including phenoxy) is 1. The highest BCUT2D eigenvalue weighted by molar-refractivity contribution is 6.33. The van der Waals surface area contributed by atoms with Crippen LogP contribution in [0.3, 0.4) is 0 Å². The van der Waals surface area contributed by atoms with Crippen molar-refractivity contribution >= 4 is 23.5 Å². The molecule has 0 bridgehead atoms. The van der Waals surface area contributed by atoms with Crippen LogP contribution in [0, 0.1) is 0 Å². The minimum absolute atomic E-state index is 0.00855. The van der Waals surface area contributed by atoms with Gasteiger partial charge in [-0.05, 0) is 18.2 Å². The Labute approximate surface area is 134 Å². The minimum Gasteiger partial charge on any atom is -0.481 e. The quantitative estimate of drug-likeness (QED) is 0.909. The second-order valence-corrected chi connectivity index (χ2v) is 5.42. The Balaban J connectivity index is 2.32. The van der Waals surface area contributed by atoms with Gasteiger partial charge in [-0.15, -0.1) is 0 Å². The lowest BCUT2D eigenvalue weighted by Crippen LogP contribution is -2.49. The number of carbonyl (C=O) groups excluding carboxylic acids is 1. The van der Waals surface area contributed by atoms with Gasteiger partial charge in [-0.3, -0.25) is 9.59 Å². The first kappa shape index (κ1) is 17.6. The molecule has 0 spiro atoms. The topological polar surface area (TPSA) is 66.8 Å². The van der Waals surface area contributed by atoms with E-state index in [1.54, 1.807) is 0 Å². The van der Waals surface area contributed by atoms with Crippen molar-refractivity contribution < 1.29 is 32.6 Å². The minimum atomic E-state index is -4.61. The van der Waals surface area contributed by atoms with Crippen LogP contribution in [0.15, 0.2) is 18.2 Å². The van der Waals surface area contributed by atoms with Gasteiger partial charge in [-0.1, -0.05) is 11.6 Å². The van der Waals surface area contributed by atoms with Crippen LogP contribution in [0.25, 0.3) is 0 Å². The molecule has 1 amide bonds. The maximum Gasteiger partial charge on any atom is 0.416 e. The summed E-state index contributed by atoms with van der Waals surface area (Å²) in [4.78, 5) is 24.6. The number of morpholine rings is 1. The Morgan fingerprint density at radius 1 is 1.39 bits per heavy atom. The van der Waals surface area contributed by atoms with Crippen molar-refractivity contribution in [3.05, 3.63) is 34.3 Å². The molecule has 1 N–H and O–H groups in total. The number of carboxylic acid groups (broad SMARTS) is 1. The Bertz CT molecular complexity index is 621. The third-order valence-electron chi connectivity index (χ3n) is 3.42. The van der Waals surface area contributed by atoms with Gasteiger partial charge >= 0.3 is 12.1 Å². The number of hydrogen-bond acceptors (Lipinski definition) is 3. The Kier molecular flexibility index (Phi) is 5.16. The highest BCUT2D eigenvalue weighted by Gasteiger charge is 2.34. The number of alkyl halides is 3. The van der Waals surface area contributed by atoms with Gasteiger partial charge in [0.25, 0.3) is 5.91 Å². The summed E-state index contributed by atoms with van der Waals surface area (Å²) >= 11 is 5.85. The van der Waals surface area contributed by atoms with Gasteiger partial charge in [0.1, 0.15) is 0 Å². The van der Waals surface area contributed by atoms with Gasteiger partial charge in [0.05, 0.1) is 41.8 Å². The molecule has 5 nitrogen and oxygen atoms in total. The second-order valence-electron chi connectivity index (χ2n) is 5.02. The molecule has 2 rings (SSSR count). The molecule has 1 atom stereocenters. The van der Waals surface area contributed by atoms with Crippen LogP contribution in [0.5, 0.6) is 0 Å². The summed E-state index contributed by atoms with van der Waals surface area (Å²) < 4.78 is 43.5. The molecule has 9 heteroatoms. The van der Waals surface area contributed by atoms with Crippen molar-refractivity contribution in [3.63, 3.8) is 0 Å². The van der Waals surface area contributed by atoms with Crippen molar-refractivity contribution in [1.29, 1.82) is 0 Å². The van der Waals surface area contributed by atoms with Crippen LogP contribution in [-0.2, 0) is 15.7 Å². The maximum absolute atomic E-state index is 12.8. The average molecular weight is 352 g/mol. The summed E-state index contributed by atoms with van der Waals surface area (Å²) in [6.07, 6.45) is -4.96. The van der Waals surface area contributed by atoms with Crippen LogP contribution in [0.1, 0.15) is 22.3 Å². The molecule has 23 heavy (non-hydrogen) atoms. The summed E-state index contributed by atoms with van der Waals surface area (Å²) in [6.45, 7) is 0.274. The molecular formula is C14H13ClF3NO4. The van der Waals surface area contributed by atoms with Crippen LogP contribution >= 0.6 is 11.6 Å². The number of amides is 1. The van der Waals surface area contributed by atoms with Crippen LogP contribution in [-0.4, -0.2) is 47.7 Å². The van der Waals surface area contributed by atoms with Gasteiger partial charge in [0, 0.05) is 6.54 Å². The number of carbonyl (C=O) groups is 2. The molecule has 1 heterocycles. The number of halogens is 4. The summed E-state index contributed by atoms with van der Waals surface area (Å²) in [5.41, 5.74) is -1.30. The highest BCUT2D eigenvalue weighted by Crippen LogP contribution is 2.32. The predicted molar refractivity (Wildman–Crippen MR) is 74.4 cm³/mol. The summed E-state index contributed by atoms with van der Waals surface area (Å²) in [5.74, 6) is -1.87. The van der Waals surface area contributed by atoms with Crippen molar-refractivity contribution in [1.82, 2.24) is 4.90 Å². The molecule has 0 radical (unpaired) electrons. The lowest BCUT2D eigenvalue weighted by Gasteiger charge is -2.35. The molecule has 1 aliphatic heterocycles. The molecule has 1 aromatic carbocycles.